The lowest BCUT2D eigenvalue weighted by Gasteiger charge is -2.15. The SMILES string of the molecule is CNC(C)c1cccnc1Oc1ccc([N+](=O)[O-])c(C)c1. The first-order valence-electron chi connectivity index (χ1n) is 6.58. The number of aromatic nitrogens is 1. The lowest BCUT2D eigenvalue weighted by molar-refractivity contribution is -0.385. The van der Waals surface area contributed by atoms with Crippen LogP contribution in [0, 0.1) is 17.0 Å². The highest BCUT2D eigenvalue weighted by Gasteiger charge is 2.14. The molecule has 2 aromatic rings. The molecule has 21 heavy (non-hydrogen) atoms. The van der Waals surface area contributed by atoms with Gasteiger partial charge < -0.3 is 10.1 Å². The van der Waals surface area contributed by atoms with Crippen LogP contribution in [0.3, 0.4) is 0 Å². The molecular weight excluding hydrogens is 270 g/mol. The second-order valence-electron chi connectivity index (χ2n) is 4.72. The minimum Gasteiger partial charge on any atom is -0.439 e. The highest BCUT2D eigenvalue weighted by molar-refractivity contribution is 5.45. The van der Waals surface area contributed by atoms with Gasteiger partial charge in [0.15, 0.2) is 0 Å². The Bertz CT molecular complexity index is 658. The summed E-state index contributed by atoms with van der Waals surface area (Å²) >= 11 is 0. The van der Waals surface area contributed by atoms with Gasteiger partial charge in [-0.2, -0.15) is 0 Å². The highest BCUT2D eigenvalue weighted by atomic mass is 16.6. The van der Waals surface area contributed by atoms with Crippen molar-refractivity contribution < 1.29 is 9.66 Å². The standard InChI is InChI=1S/C15H17N3O3/c1-10-9-12(6-7-14(10)18(19)20)21-15-13(11(2)16-3)5-4-8-17-15/h4-9,11,16H,1-3H3. The van der Waals surface area contributed by atoms with Crippen LogP contribution in [0.5, 0.6) is 11.6 Å². The maximum atomic E-state index is 10.8. The summed E-state index contributed by atoms with van der Waals surface area (Å²) in [5.74, 6) is 1.02. The van der Waals surface area contributed by atoms with E-state index in [2.05, 4.69) is 10.3 Å². The molecule has 1 aromatic heterocycles. The third-order valence-electron chi connectivity index (χ3n) is 3.28. The number of hydrogen-bond donors (Lipinski definition) is 1. The van der Waals surface area contributed by atoms with Gasteiger partial charge >= 0.3 is 0 Å². The lowest BCUT2D eigenvalue weighted by atomic mass is 10.1. The zero-order valence-electron chi connectivity index (χ0n) is 12.2. The number of aryl methyl sites for hydroxylation is 1. The van der Waals surface area contributed by atoms with E-state index in [0.717, 1.165) is 5.56 Å². The van der Waals surface area contributed by atoms with Gasteiger partial charge in [-0.05, 0) is 39.1 Å². The monoisotopic (exact) mass is 287 g/mol. The van der Waals surface area contributed by atoms with E-state index >= 15 is 0 Å². The summed E-state index contributed by atoms with van der Waals surface area (Å²) in [6.45, 7) is 3.69. The predicted octanol–water partition coefficient (Wildman–Crippen LogP) is 3.37. The van der Waals surface area contributed by atoms with Crippen LogP contribution < -0.4 is 10.1 Å². The molecular formula is C15H17N3O3. The van der Waals surface area contributed by atoms with Crippen molar-refractivity contribution >= 4 is 5.69 Å². The molecule has 0 aliphatic carbocycles. The van der Waals surface area contributed by atoms with Crippen molar-refractivity contribution in [3.05, 3.63) is 57.8 Å². The molecule has 1 atom stereocenters. The van der Waals surface area contributed by atoms with Crippen LogP contribution in [-0.4, -0.2) is 17.0 Å². The van der Waals surface area contributed by atoms with Gasteiger partial charge in [0, 0.05) is 29.4 Å². The number of nitrogens with one attached hydrogen (secondary N) is 1. The maximum Gasteiger partial charge on any atom is 0.272 e. The van der Waals surface area contributed by atoms with Crippen molar-refractivity contribution in [1.82, 2.24) is 10.3 Å². The van der Waals surface area contributed by atoms with Crippen LogP contribution in [-0.2, 0) is 0 Å². The third-order valence-corrected chi connectivity index (χ3v) is 3.28. The number of benzene rings is 1. The topological polar surface area (TPSA) is 77.3 Å². The second-order valence-corrected chi connectivity index (χ2v) is 4.72. The highest BCUT2D eigenvalue weighted by Crippen LogP contribution is 2.29. The zero-order valence-corrected chi connectivity index (χ0v) is 12.2. The number of nitrogens with zero attached hydrogens (tertiary/aromatic N) is 2. The van der Waals surface area contributed by atoms with Gasteiger partial charge in [0.25, 0.3) is 5.69 Å². The average Bonchev–Trinajstić information content (AvgIpc) is 2.46. The van der Waals surface area contributed by atoms with Crippen molar-refractivity contribution in [3.8, 4) is 11.6 Å². The van der Waals surface area contributed by atoms with Crippen LogP contribution in [0.2, 0.25) is 0 Å². The fourth-order valence-electron chi connectivity index (χ4n) is 1.98. The zero-order chi connectivity index (χ0) is 15.4. The van der Waals surface area contributed by atoms with Crippen molar-refractivity contribution in [3.63, 3.8) is 0 Å². The molecule has 0 saturated heterocycles. The summed E-state index contributed by atoms with van der Waals surface area (Å²) in [6.07, 6.45) is 1.65. The Hall–Kier alpha value is -2.47. The minimum atomic E-state index is -0.408. The first-order valence-corrected chi connectivity index (χ1v) is 6.58. The van der Waals surface area contributed by atoms with Crippen LogP contribution in [0.15, 0.2) is 36.5 Å². The van der Waals surface area contributed by atoms with E-state index in [1.54, 1.807) is 25.3 Å². The molecule has 0 bridgehead atoms. The fraction of sp³-hybridized carbons (Fsp3) is 0.267. The Balaban J connectivity index is 2.31. The van der Waals surface area contributed by atoms with E-state index in [-0.39, 0.29) is 11.7 Å². The van der Waals surface area contributed by atoms with Crippen molar-refractivity contribution in [2.45, 2.75) is 19.9 Å². The largest absolute Gasteiger partial charge is 0.439 e. The summed E-state index contributed by atoms with van der Waals surface area (Å²) < 4.78 is 5.77. The lowest BCUT2D eigenvalue weighted by Crippen LogP contribution is -2.13. The Labute approximate surface area is 122 Å². The van der Waals surface area contributed by atoms with Gasteiger partial charge in [-0.25, -0.2) is 4.98 Å². The molecule has 6 heteroatoms. The van der Waals surface area contributed by atoms with E-state index < -0.39 is 4.92 Å². The van der Waals surface area contributed by atoms with Gasteiger partial charge in [-0.1, -0.05) is 6.07 Å². The summed E-state index contributed by atoms with van der Waals surface area (Å²) in [5, 5.41) is 14.0. The van der Waals surface area contributed by atoms with Gasteiger partial charge in [0.1, 0.15) is 5.75 Å². The van der Waals surface area contributed by atoms with Gasteiger partial charge in [0.05, 0.1) is 4.92 Å². The van der Waals surface area contributed by atoms with E-state index in [0.29, 0.717) is 17.2 Å². The Kier molecular flexibility index (Phi) is 4.49. The molecule has 1 unspecified atom stereocenters. The fourth-order valence-corrected chi connectivity index (χ4v) is 1.98. The van der Waals surface area contributed by atoms with Crippen molar-refractivity contribution in [2.75, 3.05) is 7.05 Å². The molecule has 0 aliphatic heterocycles. The number of hydrogen-bond acceptors (Lipinski definition) is 5. The second kappa shape index (κ2) is 6.32. The maximum absolute atomic E-state index is 10.8. The number of nitro benzene ring substituents is 1. The average molecular weight is 287 g/mol. The molecule has 0 fully saturated rings. The molecule has 1 aromatic carbocycles. The molecule has 0 aliphatic rings. The van der Waals surface area contributed by atoms with E-state index in [1.807, 2.05) is 26.1 Å². The van der Waals surface area contributed by atoms with Crippen molar-refractivity contribution in [2.24, 2.45) is 0 Å². The number of ether oxygens (including phenoxy) is 1. The first-order chi connectivity index (χ1) is 10.0. The molecule has 0 amide bonds. The normalized spacial score (nSPS) is 12.0. The molecule has 1 N–H and O–H groups in total. The number of nitro groups is 1. The van der Waals surface area contributed by atoms with Gasteiger partial charge in [-0.3, -0.25) is 10.1 Å². The van der Waals surface area contributed by atoms with E-state index in [1.165, 1.54) is 6.07 Å². The smallest absolute Gasteiger partial charge is 0.272 e. The summed E-state index contributed by atoms with van der Waals surface area (Å²) in [5.41, 5.74) is 1.56. The first kappa shape index (κ1) is 14.9. The summed E-state index contributed by atoms with van der Waals surface area (Å²) in [4.78, 5) is 14.6. The third kappa shape index (κ3) is 3.35. The molecule has 1 heterocycles. The summed E-state index contributed by atoms with van der Waals surface area (Å²) in [6, 6.07) is 8.52. The molecule has 0 saturated carbocycles. The Morgan fingerprint density at radius 2 is 2.14 bits per heavy atom. The Morgan fingerprint density at radius 3 is 2.76 bits per heavy atom. The van der Waals surface area contributed by atoms with E-state index in [9.17, 15) is 10.1 Å². The van der Waals surface area contributed by atoms with Gasteiger partial charge in [0.2, 0.25) is 5.88 Å². The Morgan fingerprint density at radius 1 is 1.38 bits per heavy atom. The molecule has 110 valence electrons. The summed E-state index contributed by atoms with van der Waals surface area (Å²) in [7, 11) is 1.86. The number of rotatable bonds is 5. The predicted molar refractivity (Wildman–Crippen MR) is 79.6 cm³/mol. The molecule has 0 radical (unpaired) electrons. The van der Waals surface area contributed by atoms with Crippen LogP contribution in [0.1, 0.15) is 24.1 Å². The van der Waals surface area contributed by atoms with Crippen LogP contribution in [0.4, 0.5) is 5.69 Å². The van der Waals surface area contributed by atoms with Crippen LogP contribution >= 0.6 is 0 Å². The van der Waals surface area contributed by atoms with E-state index in [4.69, 9.17) is 4.74 Å². The van der Waals surface area contributed by atoms with Crippen LogP contribution in [0.25, 0.3) is 0 Å². The molecule has 0 spiro atoms. The number of pyridine rings is 1. The molecule has 2 rings (SSSR count). The molecule has 6 nitrogen and oxygen atoms in total. The van der Waals surface area contributed by atoms with Crippen molar-refractivity contribution in [1.29, 1.82) is 0 Å². The van der Waals surface area contributed by atoms with Gasteiger partial charge in [-0.15, -0.1) is 0 Å². The minimum absolute atomic E-state index is 0.0761. The quantitative estimate of drug-likeness (QED) is 0.674.